The molecule has 0 saturated carbocycles. The second-order valence-corrected chi connectivity index (χ2v) is 4.86. The van der Waals surface area contributed by atoms with Crippen molar-refractivity contribution in [2.24, 2.45) is 0 Å². The van der Waals surface area contributed by atoms with Crippen LogP contribution in [0.25, 0.3) is 16.0 Å². The molecule has 0 N–H and O–H groups in total. The van der Waals surface area contributed by atoms with Crippen LogP contribution in [0.15, 0.2) is 42.6 Å². The average Bonchev–Trinajstić information content (AvgIpc) is 2.56. The quantitative estimate of drug-likeness (QED) is 0.525. The average molecular weight is 200 g/mol. The van der Waals surface area contributed by atoms with Crippen molar-refractivity contribution >= 4 is 24.4 Å². The van der Waals surface area contributed by atoms with E-state index in [9.17, 15) is 0 Å². The van der Waals surface area contributed by atoms with E-state index in [-0.39, 0.29) is 0 Å². The summed E-state index contributed by atoms with van der Waals surface area (Å²) in [6.07, 6.45) is 2.16. The normalized spacial score (nSPS) is 11.8. The highest BCUT2D eigenvalue weighted by molar-refractivity contribution is 7.29. The topological polar surface area (TPSA) is 4.10 Å². The highest BCUT2D eigenvalue weighted by Gasteiger charge is 2.09. The van der Waals surface area contributed by atoms with Gasteiger partial charge in [-0.15, -0.1) is 0 Å². The van der Waals surface area contributed by atoms with E-state index in [1.165, 1.54) is 21.6 Å². The Balaban J connectivity index is 2.58. The molecule has 0 fully saturated rings. The molecule has 1 nitrogen and oxygen atoms in total. The van der Waals surface area contributed by atoms with Gasteiger partial charge in [0, 0.05) is 12.1 Å². The number of hydrogen-bond acceptors (Lipinski definition) is 0. The van der Waals surface area contributed by atoms with Crippen molar-refractivity contribution < 1.29 is 4.16 Å². The van der Waals surface area contributed by atoms with Crippen LogP contribution in [0.4, 0.5) is 0 Å². The summed E-state index contributed by atoms with van der Waals surface area (Å²) in [7, 11) is 0.764. The maximum Gasteiger partial charge on any atom is 0.220 e. The minimum atomic E-state index is 0.764. The molecule has 3 aromatic rings. The Labute approximate surface area is 84.2 Å². The number of pyridine rings is 1. The van der Waals surface area contributed by atoms with Crippen LogP contribution in [0.2, 0.25) is 0 Å². The van der Waals surface area contributed by atoms with E-state index < -0.39 is 0 Å². The summed E-state index contributed by atoms with van der Waals surface area (Å²) in [6.45, 7) is 2.15. The lowest BCUT2D eigenvalue weighted by molar-refractivity contribution is -0.428. The number of fused-ring (bicyclic) bond motifs is 3. The third-order valence-corrected chi connectivity index (χ3v) is 3.86. The molecule has 0 spiro atoms. The zero-order valence-corrected chi connectivity index (χ0v) is 8.99. The Hall–Kier alpha value is -1.33. The molecule has 0 bridgehead atoms. The molecule has 0 saturated heterocycles. The van der Waals surface area contributed by atoms with Gasteiger partial charge in [0.25, 0.3) is 0 Å². The van der Waals surface area contributed by atoms with E-state index in [0.29, 0.717) is 0 Å². The van der Waals surface area contributed by atoms with Crippen LogP contribution >= 0.6 is 8.35 Å². The molecule has 0 aliphatic carbocycles. The lowest BCUT2D eigenvalue weighted by Gasteiger charge is -1.89. The Morgan fingerprint density at radius 1 is 1.14 bits per heavy atom. The Kier molecular flexibility index (Phi) is 1.62. The largest absolute Gasteiger partial charge is 0.220 e. The molecule has 14 heavy (non-hydrogen) atoms. The number of hydrogen-bond donors (Lipinski definition) is 0. The van der Waals surface area contributed by atoms with E-state index in [1.807, 2.05) is 0 Å². The Bertz CT molecular complexity index is 610. The van der Waals surface area contributed by atoms with Gasteiger partial charge < -0.3 is 0 Å². The van der Waals surface area contributed by atoms with Crippen LogP contribution in [0.5, 0.6) is 0 Å². The maximum atomic E-state index is 2.32. The fourth-order valence-corrected chi connectivity index (χ4v) is 3.07. The first-order valence-corrected chi connectivity index (χ1v) is 5.68. The van der Waals surface area contributed by atoms with Gasteiger partial charge >= 0.3 is 0 Å². The summed E-state index contributed by atoms with van der Waals surface area (Å²) >= 11 is 0. The van der Waals surface area contributed by atoms with Crippen molar-refractivity contribution in [1.29, 1.82) is 0 Å². The number of nitrogens with zero attached hydrogens (tertiary/aromatic N) is 1. The number of aryl methyl sites for hydroxylation is 1. The molecule has 1 atom stereocenters. The van der Waals surface area contributed by atoms with E-state index >= 15 is 0 Å². The molecule has 0 aliphatic rings. The van der Waals surface area contributed by atoms with E-state index in [0.717, 1.165) is 8.35 Å². The van der Waals surface area contributed by atoms with Crippen LogP contribution in [0.1, 0.15) is 5.56 Å². The third kappa shape index (κ3) is 1.06. The standard InChI is InChI=1S/C12H11NP/c1-9-5-6-12-10(8-9)11-4-2-3-7-13(11)14-12/h2-8,14H,1H3/q+1. The zero-order valence-electron chi connectivity index (χ0n) is 7.99. The Morgan fingerprint density at radius 3 is 3.00 bits per heavy atom. The fourth-order valence-electron chi connectivity index (χ4n) is 1.86. The van der Waals surface area contributed by atoms with E-state index in [1.54, 1.807) is 0 Å². The van der Waals surface area contributed by atoms with E-state index in [2.05, 4.69) is 53.7 Å². The summed E-state index contributed by atoms with van der Waals surface area (Å²) in [4.78, 5) is 0. The maximum absolute atomic E-state index is 2.32. The monoisotopic (exact) mass is 200 g/mol. The van der Waals surface area contributed by atoms with Crippen molar-refractivity contribution in [2.45, 2.75) is 6.92 Å². The van der Waals surface area contributed by atoms with Crippen molar-refractivity contribution in [3.05, 3.63) is 48.2 Å². The van der Waals surface area contributed by atoms with Gasteiger partial charge in [0.2, 0.25) is 5.52 Å². The third-order valence-electron chi connectivity index (χ3n) is 2.55. The van der Waals surface area contributed by atoms with Gasteiger partial charge in [-0.1, -0.05) is 11.6 Å². The lowest BCUT2D eigenvalue weighted by atomic mass is 10.2. The van der Waals surface area contributed by atoms with Crippen molar-refractivity contribution in [3.63, 3.8) is 0 Å². The summed E-state index contributed by atoms with van der Waals surface area (Å²) in [5.74, 6) is 0. The second kappa shape index (κ2) is 2.83. The molecule has 0 radical (unpaired) electrons. The molecular weight excluding hydrogens is 189 g/mol. The molecule has 1 aromatic carbocycles. The van der Waals surface area contributed by atoms with Gasteiger partial charge in [-0.25, -0.2) is 0 Å². The fraction of sp³-hybridized carbons (Fsp3) is 0.0833. The predicted molar refractivity (Wildman–Crippen MR) is 61.3 cm³/mol. The molecule has 2 aromatic heterocycles. The molecule has 3 rings (SSSR count). The number of rotatable bonds is 0. The first kappa shape index (κ1) is 8.02. The van der Waals surface area contributed by atoms with Gasteiger partial charge in [0.15, 0.2) is 6.20 Å². The smallest absolute Gasteiger partial charge is 0.160 e. The lowest BCUT2D eigenvalue weighted by Crippen LogP contribution is -2.10. The SMILES string of the molecule is Cc1ccc2[pH][n+]3ccccc3c2c1. The highest BCUT2D eigenvalue weighted by Crippen LogP contribution is 2.25. The summed E-state index contributed by atoms with van der Waals surface area (Å²) in [6, 6.07) is 13.1. The van der Waals surface area contributed by atoms with Crippen molar-refractivity contribution in [1.82, 2.24) is 0 Å². The number of aromatic nitrogens is 1. The zero-order chi connectivity index (χ0) is 9.54. The summed E-state index contributed by atoms with van der Waals surface area (Å²) < 4.78 is 2.32. The minimum absolute atomic E-state index is 0.764. The first-order valence-electron chi connectivity index (χ1n) is 4.73. The van der Waals surface area contributed by atoms with Crippen LogP contribution in [0, 0.1) is 6.92 Å². The van der Waals surface area contributed by atoms with Crippen LogP contribution in [0.3, 0.4) is 0 Å². The van der Waals surface area contributed by atoms with Gasteiger partial charge in [0.05, 0.1) is 10.5 Å². The van der Waals surface area contributed by atoms with Crippen molar-refractivity contribution in [2.75, 3.05) is 0 Å². The minimum Gasteiger partial charge on any atom is -0.160 e. The van der Waals surface area contributed by atoms with Gasteiger partial charge in [-0.05, 0) is 25.1 Å². The van der Waals surface area contributed by atoms with Gasteiger partial charge in [0.1, 0.15) is 8.35 Å². The molecule has 2 heteroatoms. The number of benzene rings is 1. The highest BCUT2D eigenvalue weighted by atomic mass is 31.0. The predicted octanol–water partition coefficient (Wildman–Crippen LogP) is 2.92. The molecule has 1 unspecified atom stereocenters. The van der Waals surface area contributed by atoms with Crippen LogP contribution < -0.4 is 4.16 Å². The van der Waals surface area contributed by atoms with Gasteiger partial charge in [-0.3, -0.25) is 0 Å². The molecular formula is C12H11NP+. The van der Waals surface area contributed by atoms with E-state index in [4.69, 9.17) is 0 Å². The molecule has 0 aliphatic heterocycles. The van der Waals surface area contributed by atoms with Crippen LogP contribution in [-0.2, 0) is 0 Å². The van der Waals surface area contributed by atoms with Crippen molar-refractivity contribution in [3.8, 4) is 0 Å². The second-order valence-electron chi connectivity index (χ2n) is 3.62. The Morgan fingerprint density at radius 2 is 2.07 bits per heavy atom. The summed E-state index contributed by atoms with van der Waals surface area (Å²) in [5, 5.41) is 2.87. The molecule has 68 valence electrons. The molecule has 2 heterocycles. The summed E-state index contributed by atoms with van der Waals surface area (Å²) in [5.41, 5.74) is 2.69. The first-order chi connectivity index (χ1) is 6.84. The van der Waals surface area contributed by atoms with Crippen LogP contribution in [-0.4, -0.2) is 0 Å². The van der Waals surface area contributed by atoms with Gasteiger partial charge in [-0.2, -0.15) is 4.16 Å². The molecule has 0 amide bonds.